The quantitative estimate of drug-likeness (QED) is 0.635. The van der Waals surface area contributed by atoms with E-state index in [0.29, 0.717) is 36.0 Å². The minimum atomic E-state index is -0.867. The number of esters is 1. The number of hydrogen-bond acceptors (Lipinski definition) is 6. The molecular formula is C28H28ClNO5. The fourth-order valence-electron chi connectivity index (χ4n) is 7.45. The Balaban J connectivity index is 1.35. The Kier molecular flexibility index (Phi) is 4.63. The summed E-state index contributed by atoms with van der Waals surface area (Å²) in [6.45, 7) is 1.83. The third-order valence-electron chi connectivity index (χ3n) is 9.08. The molecule has 2 aliphatic heterocycles. The average molecular weight is 494 g/mol. The van der Waals surface area contributed by atoms with E-state index in [-0.39, 0.29) is 30.0 Å². The molecule has 7 heteroatoms. The van der Waals surface area contributed by atoms with Gasteiger partial charge in [-0.3, -0.25) is 14.5 Å². The summed E-state index contributed by atoms with van der Waals surface area (Å²) in [5, 5.41) is 11.3. The number of carbonyl (C=O) groups excluding carboxylic acids is 2. The summed E-state index contributed by atoms with van der Waals surface area (Å²) in [7, 11) is 0. The molecule has 1 spiro atoms. The number of phenolic OH excluding ortho intramolecular Hbond substituents is 1. The number of nitrogens with zero attached hydrogens (tertiary/aromatic N) is 1. The third-order valence-corrected chi connectivity index (χ3v) is 9.33. The van der Waals surface area contributed by atoms with Crippen molar-refractivity contribution >= 4 is 23.4 Å². The van der Waals surface area contributed by atoms with Gasteiger partial charge in [0.25, 0.3) is 0 Å². The van der Waals surface area contributed by atoms with Crippen LogP contribution in [0.2, 0.25) is 5.02 Å². The molecular weight excluding hydrogens is 466 g/mol. The van der Waals surface area contributed by atoms with E-state index in [1.54, 1.807) is 18.2 Å². The number of ether oxygens (including phenoxy) is 2. The van der Waals surface area contributed by atoms with Crippen LogP contribution in [0.1, 0.15) is 48.8 Å². The van der Waals surface area contributed by atoms with Gasteiger partial charge in [-0.1, -0.05) is 29.8 Å². The van der Waals surface area contributed by atoms with E-state index in [0.717, 1.165) is 36.2 Å². The van der Waals surface area contributed by atoms with Crippen LogP contribution >= 0.6 is 11.6 Å². The first-order chi connectivity index (χ1) is 16.9. The van der Waals surface area contributed by atoms with Gasteiger partial charge in [0.15, 0.2) is 23.4 Å². The molecule has 182 valence electrons. The fourth-order valence-corrected chi connectivity index (χ4v) is 7.58. The van der Waals surface area contributed by atoms with Crippen LogP contribution in [0.5, 0.6) is 11.5 Å². The normalized spacial score (nSPS) is 32.7. The molecule has 1 N–H and O–H groups in total. The molecule has 2 heterocycles. The van der Waals surface area contributed by atoms with Gasteiger partial charge < -0.3 is 14.6 Å². The van der Waals surface area contributed by atoms with Crippen molar-refractivity contribution in [2.45, 2.75) is 68.1 Å². The largest absolute Gasteiger partial charge is 0.504 e. The number of Topliss-reactive ketones (excluding diaryl/α,β-unsaturated/α-hetero) is 1. The van der Waals surface area contributed by atoms with Crippen LogP contribution in [0.4, 0.5) is 0 Å². The standard InChI is InChI=1S/C28H28ClNO5/c29-19-6-3-16(4-7-19)13-23(33)35-28-10-9-21(32)26-27(28)11-12-30(15-17-1-2-17)22(28)14-18-5-8-20(31)25(34-26)24(18)27/h3-8,17,22,26,31H,1-2,9-15H2/t22?,26-,27?,28+/m0/s1. The number of hydrogen-bond donors (Lipinski definition) is 1. The summed E-state index contributed by atoms with van der Waals surface area (Å²) in [5.74, 6) is 0.904. The van der Waals surface area contributed by atoms with Gasteiger partial charge in [-0.2, -0.15) is 0 Å². The second kappa shape index (κ2) is 7.47. The Morgan fingerprint density at radius 2 is 1.97 bits per heavy atom. The van der Waals surface area contributed by atoms with Crippen molar-refractivity contribution in [3.8, 4) is 11.5 Å². The summed E-state index contributed by atoms with van der Waals surface area (Å²) >= 11 is 6.03. The number of halogens is 1. The summed E-state index contributed by atoms with van der Waals surface area (Å²) < 4.78 is 12.9. The number of aromatic hydroxyl groups is 1. The molecule has 2 bridgehead atoms. The van der Waals surface area contributed by atoms with Crippen LogP contribution in [0.3, 0.4) is 0 Å². The average Bonchev–Trinajstić information content (AvgIpc) is 3.58. The van der Waals surface area contributed by atoms with E-state index < -0.39 is 17.1 Å². The second-order valence-electron chi connectivity index (χ2n) is 11.0. The highest BCUT2D eigenvalue weighted by molar-refractivity contribution is 6.30. The number of ketones is 1. The van der Waals surface area contributed by atoms with E-state index in [1.807, 2.05) is 18.2 Å². The summed E-state index contributed by atoms with van der Waals surface area (Å²) in [5.41, 5.74) is 1.22. The Bertz CT molecular complexity index is 1240. The highest BCUT2D eigenvalue weighted by Crippen LogP contribution is 2.66. The number of phenols is 1. The highest BCUT2D eigenvalue weighted by Gasteiger charge is 2.75. The molecule has 35 heavy (non-hydrogen) atoms. The zero-order chi connectivity index (χ0) is 23.9. The maximum Gasteiger partial charge on any atom is 0.310 e. The molecule has 7 rings (SSSR count). The maximum atomic E-state index is 13.5. The van der Waals surface area contributed by atoms with Gasteiger partial charge >= 0.3 is 5.97 Å². The van der Waals surface area contributed by atoms with Gasteiger partial charge in [-0.25, -0.2) is 0 Å². The Morgan fingerprint density at radius 3 is 2.74 bits per heavy atom. The van der Waals surface area contributed by atoms with Crippen LogP contribution in [-0.2, 0) is 32.6 Å². The SMILES string of the molecule is O=C(Cc1ccc(Cl)cc1)O[C@@]12CCC(=O)[C@@H]3Oc4c(O)ccc5c4C31CCN(CC1CC1)C2C5. The number of piperidine rings is 1. The van der Waals surface area contributed by atoms with E-state index >= 15 is 0 Å². The molecule has 5 aliphatic rings. The Hall–Kier alpha value is -2.57. The van der Waals surface area contributed by atoms with E-state index in [9.17, 15) is 14.7 Å². The van der Waals surface area contributed by atoms with Gasteiger partial charge in [0.1, 0.15) is 5.60 Å². The first-order valence-electron chi connectivity index (χ1n) is 12.7. The molecule has 4 atom stereocenters. The molecule has 3 fully saturated rings. The Labute approximate surface area is 209 Å². The maximum absolute atomic E-state index is 13.5. The number of likely N-dealkylation sites (tertiary alicyclic amines) is 1. The molecule has 3 aliphatic carbocycles. The lowest BCUT2D eigenvalue weighted by Gasteiger charge is -2.63. The zero-order valence-corrected chi connectivity index (χ0v) is 20.2. The van der Waals surface area contributed by atoms with E-state index in [2.05, 4.69) is 4.90 Å². The molecule has 0 aromatic heterocycles. The first kappa shape index (κ1) is 21.7. The molecule has 2 unspecified atom stereocenters. The first-order valence-corrected chi connectivity index (χ1v) is 13.0. The van der Waals surface area contributed by atoms with Crippen molar-refractivity contribution in [2.24, 2.45) is 5.92 Å². The van der Waals surface area contributed by atoms with Crippen molar-refractivity contribution in [1.82, 2.24) is 4.90 Å². The van der Waals surface area contributed by atoms with Crippen molar-refractivity contribution in [3.05, 3.63) is 58.1 Å². The molecule has 0 radical (unpaired) electrons. The molecule has 6 nitrogen and oxygen atoms in total. The van der Waals surface area contributed by atoms with Gasteiger partial charge in [-0.15, -0.1) is 0 Å². The van der Waals surface area contributed by atoms with E-state index in [4.69, 9.17) is 21.1 Å². The third kappa shape index (κ3) is 2.99. The lowest BCUT2D eigenvalue weighted by molar-refractivity contribution is -0.215. The lowest BCUT2D eigenvalue weighted by Crippen LogP contribution is -2.77. The molecule has 2 aromatic rings. The smallest absolute Gasteiger partial charge is 0.310 e. The summed E-state index contributed by atoms with van der Waals surface area (Å²) in [6.07, 6.45) is 4.08. The van der Waals surface area contributed by atoms with Crippen molar-refractivity contribution < 1.29 is 24.2 Å². The van der Waals surface area contributed by atoms with Gasteiger partial charge in [-0.05, 0) is 73.9 Å². The van der Waals surface area contributed by atoms with Crippen LogP contribution in [-0.4, -0.2) is 52.6 Å². The van der Waals surface area contributed by atoms with Crippen LogP contribution in [0.15, 0.2) is 36.4 Å². The predicted octanol–water partition coefficient (Wildman–Crippen LogP) is 3.97. The van der Waals surface area contributed by atoms with Gasteiger partial charge in [0, 0.05) is 23.6 Å². The van der Waals surface area contributed by atoms with Crippen molar-refractivity contribution in [3.63, 3.8) is 0 Å². The zero-order valence-electron chi connectivity index (χ0n) is 19.5. The topological polar surface area (TPSA) is 76.1 Å². The minimum absolute atomic E-state index is 0.0202. The highest BCUT2D eigenvalue weighted by atomic mass is 35.5. The van der Waals surface area contributed by atoms with Crippen LogP contribution < -0.4 is 4.74 Å². The molecule has 1 saturated heterocycles. The second-order valence-corrected chi connectivity index (χ2v) is 11.4. The number of carbonyl (C=O) groups is 2. The monoisotopic (exact) mass is 493 g/mol. The molecule has 2 aromatic carbocycles. The minimum Gasteiger partial charge on any atom is -0.504 e. The molecule has 0 amide bonds. The fraction of sp³-hybridized carbons (Fsp3) is 0.500. The number of rotatable bonds is 5. The van der Waals surface area contributed by atoms with Crippen molar-refractivity contribution in [1.29, 1.82) is 0 Å². The lowest BCUT2D eigenvalue weighted by atomic mass is 9.48. The predicted molar refractivity (Wildman–Crippen MR) is 129 cm³/mol. The molecule has 2 saturated carbocycles. The van der Waals surface area contributed by atoms with Gasteiger partial charge in [0.05, 0.1) is 17.9 Å². The van der Waals surface area contributed by atoms with E-state index in [1.165, 1.54) is 12.8 Å². The van der Waals surface area contributed by atoms with Crippen LogP contribution in [0.25, 0.3) is 0 Å². The summed E-state index contributed by atoms with van der Waals surface area (Å²) in [6, 6.07) is 10.9. The Morgan fingerprint density at radius 1 is 1.17 bits per heavy atom. The number of benzene rings is 2. The van der Waals surface area contributed by atoms with Crippen molar-refractivity contribution in [2.75, 3.05) is 13.1 Å². The van der Waals surface area contributed by atoms with Gasteiger partial charge in [0.2, 0.25) is 0 Å². The summed E-state index contributed by atoms with van der Waals surface area (Å²) in [4.78, 5) is 29.3. The van der Waals surface area contributed by atoms with Crippen LogP contribution in [0, 0.1) is 5.92 Å².